The van der Waals surface area contributed by atoms with Crippen molar-refractivity contribution in [3.8, 4) is 0 Å². The highest BCUT2D eigenvalue weighted by atomic mass is 127. The van der Waals surface area contributed by atoms with Gasteiger partial charge in [0, 0.05) is 18.0 Å². The zero-order valence-corrected chi connectivity index (χ0v) is 16.6. The number of alkyl halides is 1. The van der Waals surface area contributed by atoms with Gasteiger partial charge in [0.25, 0.3) is 0 Å². The van der Waals surface area contributed by atoms with Crippen LogP contribution in [0.25, 0.3) is 10.8 Å². The fourth-order valence-electron chi connectivity index (χ4n) is 3.65. The third-order valence-corrected chi connectivity index (χ3v) is 6.79. The van der Waals surface area contributed by atoms with Crippen LogP contribution in [0.2, 0.25) is 6.32 Å². The van der Waals surface area contributed by atoms with E-state index in [1.165, 1.54) is 0 Å². The van der Waals surface area contributed by atoms with Gasteiger partial charge in [-0.1, -0.05) is 72.1 Å². The third-order valence-electron chi connectivity index (χ3n) is 5.37. The molecule has 1 saturated carbocycles. The smallest absolute Gasteiger partial charge is 0.131 e. The van der Waals surface area contributed by atoms with Crippen molar-refractivity contribution in [1.29, 1.82) is 0 Å². The lowest BCUT2D eigenvalue weighted by Gasteiger charge is -2.44. The van der Waals surface area contributed by atoms with Crippen molar-refractivity contribution in [3.05, 3.63) is 47.8 Å². The molecule has 2 aromatic carbocycles. The maximum Gasteiger partial charge on any atom is 0.131 e. The van der Waals surface area contributed by atoms with Gasteiger partial charge in [-0.15, -0.1) is 0 Å². The first-order valence-corrected chi connectivity index (χ1v) is 10.2. The number of unbranched alkanes of at least 4 members (excludes halogenated alkanes) is 1. The number of rotatable bonds is 8. The predicted molar refractivity (Wildman–Crippen MR) is 113 cm³/mol. The van der Waals surface area contributed by atoms with E-state index in [-0.39, 0.29) is 9.36 Å². The van der Waals surface area contributed by atoms with Crippen LogP contribution >= 0.6 is 22.6 Å². The molecule has 0 amide bonds. The number of hydrogen-bond donors (Lipinski definition) is 2. The van der Waals surface area contributed by atoms with Crippen LogP contribution in [0.1, 0.15) is 37.7 Å². The Labute approximate surface area is 164 Å². The third kappa shape index (κ3) is 4.55. The van der Waals surface area contributed by atoms with Crippen LogP contribution in [0.4, 0.5) is 4.39 Å². The van der Waals surface area contributed by atoms with Gasteiger partial charge in [0.15, 0.2) is 0 Å². The molecule has 2 aromatic rings. The van der Waals surface area contributed by atoms with Crippen LogP contribution in [-0.2, 0) is 6.54 Å². The largest absolute Gasteiger partial charge is 0.317 e. The molecule has 0 saturated heterocycles. The molecule has 0 spiro atoms. The van der Waals surface area contributed by atoms with Crippen molar-refractivity contribution in [2.45, 2.75) is 54.6 Å². The van der Waals surface area contributed by atoms with E-state index in [1.807, 2.05) is 30.3 Å². The molecule has 0 aromatic heterocycles. The summed E-state index contributed by atoms with van der Waals surface area (Å²) in [4.78, 5) is 0. The van der Waals surface area contributed by atoms with Crippen LogP contribution in [0.5, 0.6) is 0 Å². The summed E-state index contributed by atoms with van der Waals surface area (Å²) in [6, 6.07) is 11.6. The first-order valence-electron chi connectivity index (χ1n) is 9.08. The molecule has 3 N–H and O–H groups in total. The molecule has 1 aliphatic rings. The molecule has 2 nitrogen and oxygen atoms in total. The van der Waals surface area contributed by atoms with Crippen LogP contribution in [0.15, 0.2) is 36.4 Å². The van der Waals surface area contributed by atoms with Gasteiger partial charge in [0.05, 0.1) is 11.4 Å². The van der Waals surface area contributed by atoms with Crippen LogP contribution in [0, 0.1) is 11.7 Å². The Balaban J connectivity index is 1.53. The van der Waals surface area contributed by atoms with Gasteiger partial charge in [-0.3, -0.25) is 0 Å². The fourth-order valence-corrected chi connectivity index (χ4v) is 4.54. The molecular weight excluding hydrogens is 425 g/mol. The minimum atomic E-state index is -0.154. The summed E-state index contributed by atoms with van der Waals surface area (Å²) in [5, 5.41) is 5.31. The fraction of sp³-hybridized carbons (Fsp3) is 0.500. The summed E-state index contributed by atoms with van der Waals surface area (Å²) < 4.78 is 13.8. The highest BCUT2D eigenvalue weighted by Crippen LogP contribution is 2.42. The SMILES string of the molecule is [B]CCCCC(N)(I)C1CC(NCc2ccc(F)c3ccccc23)C1. The summed E-state index contributed by atoms with van der Waals surface area (Å²) in [7, 11) is 5.57. The minimum absolute atomic E-state index is 0.117. The topological polar surface area (TPSA) is 38.0 Å². The number of hydrogen-bond acceptors (Lipinski definition) is 2. The van der Waals surface area contributed by atoms with Crippen molar-refractivity contribution >= 4 is 41.2 Å². The van der Waals surface area contributed by atoms with Crippen molar-refractivity contribution in [1.82, 2.24) is 5.32 Å². The zero-order valence-electron chi connectivity index (χ0n) is 14.5. The van der Waals surface area contributed by atoms with E-state index >= 15 is 0 Å². The first-order chi connectivity index (χ1) is 12.0. The van der Waals surface area contributed by atoms with Gasteiger partial charge in [-0.2, -0.15) is 0 Å². The zero-order chi connectivity index (χ0) is 17.9. The van der Waals surface area contributed by atoms with Crippen LogP contribution in [-0.4, -0.2) is 17.4 Å². The molecule has 1 unspecified atom stereocenters. The van der Waals surface area contributed by atoms with E-state index < -0.39 is 0 Å². The quantitative estimate of drug-likeness (QED) is 0.201. The lowest BCUT2D eigenvalue weighted by Crippen LogP contribution is -2.53. The number of nitrogens with two attached hydrogens (primary N) is 1. The van der Waals surface area contributed by atoms with Crippen LogP contribution in [0.3, 0.4) is 0 Å². The Morgan fingerprint density at radius 1 is 1.16 bits per heavy atom. The second kappa shape index (κ2) is 8.36. The van der Waals surface area contributed by atoms with Gasteiger partial charge in [-0.25, -0.2) is 4.39 Å². The van der Waals surface area contributed by atoms with Crippen molar-refractivity contribution in [2.75, 3.05) is 0 Å². The maximum atomic E-state index is 13.9. The normalized spacial score (nSPS) is 22.5. The number of halogens is 2. The summed E-state index contributed by atoms with van der Waals surface area (Å²) >= 11 is 2.43. The average Bonchev–Trinajstić information content (AvgIpc) is 2.55. The van der Waals surface area contributed by atoms with Gasteiger partial charge in [0.1, 0.15) is 5.82 Å². The molecule has 0 bridgehead atoms. The maximum absolute atomic E-state index is 13.9. The summed E-state index contributed by atoms with van der Waals surface area (Å²) in [6.07, 6.45) is 6.15. The molecule has 3 rings (SSSR count). The van der Waals surface area contributed by atoms with Crippen molar-refractivity contribution in [2.24, 2.45) is 11.7 Å². The van der Waals surface area contributed by atoms with E-state index in [9.17, 15) is 4.39 Å². The van der Waals surface area contributed by atoms with Gasteiger partial charge in [-0.05, 0) is 42.2 Å². The summed E-state index contributed by atoms with van der Waals surface area (Å²) in [6.45, 7) is 0.768. The molecule has 1 atom stereocenters. The van der Waals surface area contributed by atoms with Gasteiger partial charge >= 0.3 is 0 Å². The van der Waals surface area contributed by atoms with E-state index in [0.29, 0.717) is 17.3 Å². The Morgan fingerprint density at radius 3 is 2.60 bits per heavy atom. The summed E-state index contributed by atoms with van der Waals surface area (Å²) in [5.41, 5.74) is 7.65. The van der Waals surface area contributed by atoms with Crippen molar-refractivity contribution in [3.63, 3.8) is 0 Å². The first kappa shape index (κ1) is 19.1. The highest BCUT2D eigenvalue weighted by Gasteiger charge is 2.41. The molecule has 2 radical (unpaired) electrons. The van der Waals surface area contributed by atoms with Gasteiger partial charge in [0.2, 0.25) is 0 Å². The molecule has 25 heavy (non-hydrogen) atoms. The highest BCUT2D eigenvalue weighted by molar-refractivity contribution is 14.1. The number of nitrogens with one attached hydrogen (secondary N) is 1. The second-order valence-corrected chi connectivity index (χ2v) is 9.18. The lowest BCUT2D eigenvalue weighted by molar-refractivity contribution is 0.173. The van der Waals surface area contributed by atoms with E-state index in [1.54, 1.807) is 6.07 Å². The van der Waals surface area contributed by atoms with Crippen molar-refractivity contribution < 1.29 is 4.39 Å². The molecule has 5 heteroatoms. The Bertz CT molecular complexity index is 716. The molecule has 1 fully saturated rings. The molecule has 0 aliphatic heterocycles. The molecule has 1 aliphatic carbocycles. The predicted octanol–water partition coefficient (Wildman–Crippen LogP) is 4.69. The van der Waals surface area contributed by atoms with E-state index in [4.69, 9.17) is 13.6 Å². The number of fused-ring (bicyclic) bond motifs is 1. The van der Waals surface area contributed by atoms with Gasteiger partial charge < -0.3 is 11.1 Å². The Hall–Kier alpha value is -0.655. The Morgan fingerprint density at radius 2 is 1.88 bits per heavy atom. The lowest BCUT2D eigenvalue weighted by atomic mass is 9.74. The summed E-state index contributed by atoms with van der Waals surface area (Å²) in [5.74, 6) is 0.409. The molecule has 132 valence electrons. The second-order valence-electron chi connectivity index (χ2n) is 7.17. The number of benzene rings is 2. The van der Waals surface area contributed by atoms with E-state index in [0.717, 1.165) is 55.9 Å². The molecule has 0 heterocycles. The minimum Gasteiger partial charge on any atom is -0.317 e. The standard InChI is InChI=1S/C20H25BFIN2/c21-10-4-3-9-20(23,24)15-11-16(12-15)25-13-14-7-8-19(22)18-6-2-1-5-17(14)18/h1-2,5-8,15-16,25H,3-4,9-13,24H2. The molecular formula is C20H25BFIN2. The monoisotopic (exact) mass is 450 g/mol. The van der Waals surface area contributed by atoms with E-state index in [2.05, 4.69) is 27.9 Å². The van der Waals surface area contributed by atoms with Crippen LogP contribution < -0.4 is 11.1 Å². The average molecular weight is 450 g/mol. The Kier molecular flexibility index (Phi) is 6.39.